The van der Waals surface area contributed by atoms with Gasteiger partial charge in [-0.3, -0.25) is 0 Å². The van der Waals surface area contributed by atoms with Gasteiger partial charge in [0, 0.05) is 0 Å². The topological polar surface area (TPSA) is 0 Å². The molecule has 1 fully saturated rings. The number of fused-ring (bicyclic) bond motifs is 2. The number of hydrogen-bond donors (Lipinski definition) is 0. The Kier molecular flexibility index (Phi) is 3.66. The van der Waals surface area contributed by atoms with E-state index in [4.69, 9.17) is 0 Å². The fourth-order valence-electron chi connectivity index (χ4n) is 4.46. The van der Waals surface area contributed by atoms with Crippen LogP contribution in [0.1, 0.15) is 29.5 Å². The summed E-state index contributed by atoms with van der Waals surface area (Å²) in [5.74, 6) is 0. The summed E-state index contributed by atoms with van der Waals surface area (Å²) in [7, 11) is 0. The summed E-state index contributed by atoms with van der Waals surface area (Å²) in [5.41, 5.74) is 6.20. The van der Waals surface area contributed by atoms with Crippen LogP contribution in [0.3, 0.4) is 0 Å². The fraction of sp³-hybridized carbons (Fsp3) is 0.200. The van der Waals surface area contributed by atoms with Gasteiger partial charge < -0.3 is 0 Å². The van der Waals surface area contributed by atoms with E-state index in [0.29, 0.717) is 0 Å². The number of benzene rings is 2. The standard InChI is InChI=1S/2C9H7.C2H4.BrH.Zr/c2*1-2-5-9-7-3-6-8(9)4-1;1-2;;/h2*1-7H;1-2H2;1H;. The molecule has 3 aliphatic rings. The molecule has 0 N–H and O–H groups in total. The summed E-state index contributed by atoms with van der Waals surface area (Å²) in [6.45, 7) is 0. The predicted octanol–water partition coefficient (Wildman–Crippen LogP) is 6.10. The van der Waals surface area contributed by atoms with Crippen LogP contribution in [0, 0.1) is 0 Å². The second-order valence-electron chi connectivity index (χ2n) is 6.66. The van der Waals surface area contributed by atoms with Crippen LogP contribution in [-0.2, 0) is 20.3 Å². The van der Waals surface area contributed by atoms with E-state index in [2.05, 4.69) is 72.8 Å². The summed E-state index contributed by atoms with van der Waals surface area (Å²) in [6, 6.07) is 18.1. The molecule has 0 radical (unpaired) electrons. The number of allylic oxidation sites excluding steroid dienone is 2. The van der Waals surface area contributed by atoms with E-state index in [9.17, 15) is 0 Å². The van der Waals surface area contributed by atoms with E-state index in [-0.39, 0.29) is 17.0 Å². The average Bonchev–Trinajstić information content (AvgIpc) is 3.03. The van der Waals surface area contributed by atoms with E-state index < -0.39 is 20.3 Å². The molecule has 0 aromatic heterocycles. The van der Waals surface area contributed by atoms with E-state index in [1.807, 2.05) is 0 Å². The van der Waals surface area contributed by atoms with Crippen molar-refractivity contribution >= 4 is 29.1 Å². The second kappa shape index (κ2) is 5.43. The SMILES string of the molecule is Br.C1=C[CH]([Zr]2([CH]3C=Cc4ccccc43)[CH2][CH2]2)c2ccccc21. The maximum absolute atomic E-state index is 2.54. The van der Waals surface area contributed by atoms with E-state index in [0.717, 1.165) is 7.25 Å². The van der Waals surface area contributed by atoms with Crippen LogP contribution in [0.15, 0.2) is 60.7 Å². The Hall–Kier alpha value is -0.717. The van der Waals surface area contributed by atoms with Crippen LogP contribution in [0.4, 0.5) is 0 Å². The molecule has 0 bridgehead atoms. The number of hydrogen-bond acceptors (Lipinski definition) is 0. The van der Waals surface area contributed by atoms with Crippen molar-refractivity contribution in [1.82, 2.24) is 0 Å². The van der Waals surface area contributed by atoms with Crippen molar-refractivity contribution in [3.05, 3.63) is 82.9 Å². The third-order valence-electron chi connectivity index (χ3n) is 5.66. The molecule has 2 heteroatoms. The first-order valence-corrected chi connectivity index (χ1v) is 14.2. The molecule has 2 atom stereocenters. The Morgan fingerprint density at radius 2 is 1.14 bits per heavy atom. The fourth-order valence-corrected chi connectivity index (χ4v) is 20.1. The van der Waals surface area contributed by atoms with Crippen molar-refractivity contribution in [3.63, 3.8) is 0 Å². The molecule has 0 saturated carbocycles. The Labute approximate surface area is 147 Å². The Bertz CT molecular complexity index is 722. The van der Waals surface area contributed by atoms with Crippen LogP contribution < -0.4 is 0 Å². The molecule has 0 spiro atoms. The molecule has 2 aliphatic carbocycles. The van der Waals surface area contributed by atoms with Crippen molar-refractivity contribution in [2.24, 2.45) is 0 Å². The monoisotopic (exact) mass is 428 g/mol. The Balaban J connectivity index is 0.00000125. The molecular formula is C20H19BrZr. The second-order valence-corrected chi connectivity index (χ2v) is 18.2. The molecule has 5 rings (SSSR count). The zero-order chi connectivity index (χ0) is 13.9. The molecule has 2 aromatic rings. The molecule has 0 amide bonds. The van der Waals surface area contributed by atoms with Crippen LogP contribution in [-0.4, -0.2) is 0 Å². The zero-order valence-corrected chi connectivity index (χ0v) is 16.6. The molecule has 1 saturated heterocycles. The van der Waals surface area contributed by atoms with Crippen molar-refractivity contribution in [2.45, 2.75) is 15.5 Å². The van der Waals surface area contributed by atoms with E-state index >= 15 is 0 Å². The number of halogens is 1. The summed E-state index contributed by atoms with van der Waals surface area (Å²) in [5, 5.41) is 0. The molecule has 22 heavy (non-hydrogen) atoms. The van der Waals surface area contributed by atoms with Gasteiger partial charge in [-0.25, -0.2) is 0 Å². The summed E-state index contributed by atoms with van der Waals surface area (Å²) >= 11 is -2.13. The van der Waals surface area contributed by atoms with Gasteiger partial charge in [-0.2, -0.15) is 0 Å². The van der Waals surface area contributed by atoms with Gasteiger partial charge >= 0.3 is 131 Å². The van der Waals surface area contributed by atoms with Gasteiger partial charge in [0.15, 0.2) is 0 Å². The average molecular weight is 431 g/mol. The summed E-state index contributed by atoms with van der Waals surface area (Å²) < 4.78 is 4.72. The Morgan fingerprint density at radius 1 is 0.682 bits per heavy atom. The van der Waals surface area contributed by atoms with Gasteiger partial charge in [-0.1, -0.05) is 0 Å². The van der Waals surface area contributed by atoms with Crippen LogP contribution in [0.5, 0.6) is 0 Å². The zero-order valence-electron chi connectivity index (χ0n) is 12.4. The van der Waals surface area contributed by atoms with Crippen molar-refractivity contribution in [2.75, 3.05) is 0 Å². The van der Waals surface area contributed by atoms with Crippen molar-refractivity contribution in [1.29, 1.82) is 0 Å². The Morgan fingerprint density at radius 3 is 1.59 bits per heavy atom. The van der Waals surface area contributed by atoms with Gasteiger partial charge in [0.05, 0.1) is 0 Å². The van der Waals surface area contributed by atoms with Crippen molar-refractivity contribution in [3.8, 4) is 0 Å². The predicted molar refractivity (Wildman–Crippen MR) is 96.4 cm³/mol. The van der Waals surface area contributed by atoms with Crippen molar-refractivity contribution < 1.29 is 20.3 Å². The van der Waals surface area contributed by atoms with E-state index in [1.54, 1.807) is 19.4 Å². The molecule has 110 valence electrons. The number of rotatable bonds is 2. The molecule has 0 nitrogen and oxygen atoms in total. The van der Waals surface area contributed by atoms with Gasteiger partial charge in [-0.05, 0) is 0 Å². The minimum absolute atomic E-state index is 0. The first-order valence-electron chi connectivity index (χ1n) is 7.93. The quantitative estimate of drug-likeness (QED) is 0.540. The minimum atomic E-state index is -2.13. The molecular weight excluding hydrogens is 411 g/mol. The normalized spacial score (nSPS) is 25.5. The third kappa shape index (κ3) is 2.03. The van der Waals surface area contributed by atoms with Crippen LogP contribution in [0.25, 0.3) is 12.2 Å². The van der Waals surface area contributed by atoms with Gasteiger partial charge in [-0.15, -0.1) is 17.0 Å². The molecule has 2 unspecified atom stereocenters. The summed E-state index contributed by atoms with van der Waals surface area (Å²) in [6.07, 6.45) is 9.84. The van der Waals surface area contributed by atoms with E-state index in [1.165, 1.54) is 11.1 Å². The maximum atomic E-state index is 2.54. The summed E-state index contributed by atoms with van der Waals surface area (Å²) in [4.78, 5) is 0. The van der Waals surface area contributed by atoms with Gasteiger partial charge in [0.1, 0.15) is 0 Å². The van der Waals surface area contributed by atoms with Crippen LogP contribution >= 0.6 is 17.0 Å². The third-order valence-corrected chi connectivity index (χ3v) is 18.3. The van der Waals surface area contributed by atoms with Crippen LogP contribution in [0.2, 0.25) is 8.26 Å². The van der Waals surface area contributed by atoms with Gasteiger partial charge in [0.2, 0.25) is 0 Å². The molecule has 2 aromatic carbocycles. The molecule has 1 heterocycles. The molecule has 1 aliphatic heterocycles. The van der Waals surface area contributed by atoms with Gasteiger partial charge in [0.25, 0.3) is 0 Å². The first kappa shape index (κ1) is 14.8. The first-order chi connectivity index (χ1) is 10.4.